The molecular weight excluding hydrogens is 273 g/mol. The normalized spacial score (nSPS) is 10.5. The van der Waals surface area contributed by atoms with Crippen molar-refractivity contribution in [2.24, 2.45) is 0 Å². The summed E-state index contributed by atoms with van der Waals surface area (Å²) in [7, 11) is 0. The lowest BCUT2D eigenvalue weighted by Gasteiger charge is -2.04. The van der Waals surface area contributed by atoms with E-state index in [2.05, 4.69) is 10.3 Å². The number of benzene rings is 2. The molecule has 0 aliphatic heterocycles. The molecule has 5 nitrogen and oxygen atoms in total. The smallest absolute Gasteiger partial charge is 0.165 e. The third kappa shape index (κ3) is 3.00. The first-order valence-electron chi connectivity index (χ1n) is 6.30. The highest BCUT2D eigenvalue weighted by molar-refractivity contribution is 5.37. The van der Waals surface area contributed by atoms with Gasteiger partial charge in [0.2, 0.25) is 0 Å². The lowest BCUT2D eigenvalue weighted by molar-refractivity contribution is 0.286. The van der Waals surface area contributed by atoms with Crippen LogP contribution in [0.5, 0.6) is 11.5 Å². The van der Waals surface area contributed by atoms with Gasteiger partial charge in [0.25, 0.3) is 0 Å². The van der Waals surface area contributed by atoms with Crippen molar-refractivity contribution in [3.8, 4) is 17.2 Å². The molecule has 3 aromatic rings. The highest BCUT2D eigenvalue weighted by Gasteiger charge is 2.06. The largest absolute Gasteiger partial charge is 0.508 e. The Morgan fingerprint density at radius 2 is 2.00 bits per heavy atom. The molecule has 0 amide bonds. The van der Waals surface area contributed by atoms with Crippen LogP contribution in [0.25, 0.3) is 5.69 Å². The topological polar surface area (TPSA) is 60.2 Å². The van der Waals surface area contributed by atoms with Gasteiger partial charge in [-0.3, -0.25) is 0 Å². The maximum atomic E-state index is 13.4. The molecule has 2 aromatic carbocycles. The van der Waals surface area contributed by atoms with E-state index in [-0.39, 0.29) is 18.1 Å². The van der Waals surface area contributed by atoms with Gasteiger partial charge in [0, 0.05) is 6.07 Å². The zero-order chi connectivity index (χ0) is 14.7. The summed E-state index contributed by atoms with van der Waals surface area (Å²) in [6.07, 6.45) is 1.66. The quantitative estimate of drug-likeness (QED) is 0.800. The Morgan fingerprint density at radius 1 is 1.14 bits per heavy atom. The minimum atomic E-state index is -0.419. The first kappa shape index (κ1) is 13.1. The van der Waals surface area contributed by atoms with Crippen molar-refractivity contribution in [1.29, 1.82) is 0 Å². The van der Waals surface area contributed by atoms with Crippen molar-refractivity contribution in [1.82, 2.24) is 15.0 Å². The lowest BCUT2D eigenvalue weighted by Crippen LogP contribution is -1.97. The number of aromatic nitrogens is 3. The Morgan fingerprint density at radius 3 is 2.81 bits per heavy atom. The van der Waals surface area contributed by atoms with Crippen molar-refractivity contribution in [2.75, 3.05) is 0 Å². The first-order valence-corrected chi connectivity index (χ1v) is 6.30. The van der Waals surface area contributed by atoms with Crippen molar-refractivity contribution >= 4 is 0 Å². The number of phenols is 1. The van der Waals surface area contributed by atoms with E-state index in [0.29, 0.717) is 11.4 Å². The van der Waals surface area contributed by atoms with Gasteiger partial charge in [0.1, 0.15) is 18.1 Å². The molecule has 3 rings (SSSR count). The number of hydrogen-bond donors (Lipinski definition) is 1. The molecule has 0 radical (unpaired) electrons. The summed E-state index contributed by atoms with van der Waals surface area (Å²) < 4.78 is 20.3. The van der Waals surface area contributed by atoms with Crippen LogP contribution in [0, 0.1) is 5.82 Å². The number of halogens is 1. The van der Waals surface area contributed by atoms with Crippen LogP contribution in [0.2, 0.25) is 0 Å². The fraction of sp³-hybridized carbons (Fsp3) is 0.0667. The molecule has 1 aromatic heterocycles. The molecule has 0 fully saturated rings. The monoisotopic (exact) mass is 285 g/mol. The summed E-state index contributed by atoms with van der Waals surface area (Å²) in [5.41, 5.74) is 1.24. The Kier molecular flexibility index (Phi) is 3.51. The van der Waals surface area contributed by atoms with Crippen LogP contribution in [0.4, 0.5) is 4.39 Å². The Bertz CT molecular complexity index is 758. The summed E-state index contributed by atoms with van der Waals surface area (Å²) in [6, 6.07) is 12.8. The number of nitrogens with zero attached hydrogens (tertiary/aromatic N) is 3. The molecule has 0 aliphatic rings. The number of phenolic OH excluding ortho intramolecular Hbond substituents is 1. The summed E-state index contributed by atoms with van der Waals surface area (Å²) in [5.74, 6) is -0.102. The van der Waals surface area contributed by atoms with Crippen LogP contribution in [-0.2, 0) is 6.61 Å². The Labute approximate surface area is 120 Å². The van der Waals surface area contributed by atoms with Gasteiger partial charge in [-0.2, -0.15) is 0 Å². The van der Waals surface area contributed by atoms with Crippen LogP contribution < -0.4 is 4.74 Å². The maximum Gasteiger partial charge on any atom is 0.165 e. The zero-order valence-corrected chi connectivity index (χ0v) is 11.0. The molecule has 0 saturated heterocycles. The molecule has 21 heavy (non-hydrogen) atoms. The predicted octanol–water partition coefficient (Wildman–Crippen LogP) is 2.69. The van der Waals surface area contributed by atoms with Crippen LogP contribution in [0.1, 0.15) is 5.69 Å². The highest BCUT2D eigenvalue weighted by atomic mass is 19.1. The van der Waals surface area contributed by atoms with Crippen LogP contribution in [0.15, 0.2) is 54.7 Å². The molecule has 1 N–H and O–H groups in total. The molecule has 0 spiro atoms. The minimum Gasteiger partial charge on any atom is -0.508 e. The number of ether oxygens (including phenoxy) is 1. The van der Waals surface area contributed by atoms with E-state index in [1.54, 1.807) is 48.7 Å². The Balaban J connectivity index is 1.72. The molecule has 0 aliphatic carbocycles. The molecule has 0 saturated carbocycles. The fourth-order valence-corrected chi connectivity index (χ4v) is 1.84. The number of hydrogen-bond acceptors (Lipinski definition) is 4. The summed E-state index contributed by atoms with van der Waals surface area (Å²) in [6.45, 7) is 0.111. The second-order valence-corrected chi connectivity index (χ2v) is 4.39. The van der Waals surface area contributed by atoms with Crippen molar-refractivity contribution in [3.05, 3.63) is 66.2 Å². The first-order chi connectivity index (χ1) is 10.2. The standard InChI is InChI=1S/C15H12FN3O2/c16-14-6-1-2-7-15(14)21-10-11-9-19(18-17-11)12-4-3-5-13(20)8-12/h1-9,20H,10H2. The van der Waals surface area contributed by atoms with E-state index in [0.717, 1.165) is 0 Å². The molecule has 0 bridgehead atoms. The molecule has 0 unspecified atom stereocenters. The van der Waals surface area contributed by atoms with Gasteiger partial charge in [-0.05, 0) is 24.3 Å². The van der Waals surface area contributed by atoms with Gasteiger partial charge in [0.15, 0.2) is 11.6 Å². The third-order valence-corrected chi connectivity index (χ3v) is 2.85. The zero-order valence-electron chi connectivity index (χ0n) is 11.0. The molecular formula is C15H12FN3O2. The highest BCUT2D eigenvalue weighted by Crippen LogP contribution is 2.17. The van der Waals surface area contributed by atoms with Crippen molar-refractivity contribution in [2.45, 2.75) is 6.61 Å². The van der Waals surface area contributed by atoms with E-state index in [9.17, 15) is 9.50 Å². The van der Waals surface area contributed by atoms with Gasteiger partial charge >= 0.3 is 0 Å². The molecule has 6 heteroatoms. The summed E-state index contributed by atoms with van der Waals surface area (Å²) >= 11 is 0. The minimum absolute atomic E-state index is 0.111. The van der Waals surface area contributed by atoms with Crippen LogP contribution in [-0.4, -0.2) is 20.1 Å². The number of para-hydroxylation sites is 1. The van der Waals surface area contributed by atoms with Crippen molar-refractivity contribution in [3.63, 3.8) is 0 Å². The average Bonchev–Trinajstić information content (AvgIpc) is 2.95. The van der Waals surface area contributed by atoms with E-state index in [1.165, 1.54) is 10.7 Å². The van der Waals surface area contributed by atoms with Gasteiger partial charge in [-0.15, -0.1) is 5.10 Å². The van der Waals surface area contributed by atoms with Gasteiger partial charge in [0.05, 0.1) is 11.9 Å². The predicted molar refractivity (Wildman–Crippen MR) is 73.8 cm³/mol. The molecule has 0 atom stereocenters. The fourth-order valence-electron chi connectivity index (χ4n) is 1.84. The Hall–Kier alpha value is -2.89. The number of rotatable bonds is 4. The lowest BCUT2D eigenvalue weighted by atomic mass is 10.3. The summed E-state index contributed by atoms with van der Waals surface area (Å²) in [4.78, 5) is 0. The number of aromatic hydroxyl groups is 1. The SMILES string of the molecule is Oc1cccc(-n2cc(COc3ccccc3F)nn2)c1. The second kappa shape index (κ2) is 5.62. The summed E-state index contributed by atoms with van der Waals surface area (Å²) in [5, 5.41) is 17.3. The van der Waals surface area contributed by atoms with Crippen LogP contribution >= 0.6 is 0 Å². The third-order valence-electron chi connectivity index (χ3n) is 2.85. The second-order valence-electron chi connectivity index (χ2n) is 4.39. The maximum absolute atomic E-state index is 13.4. The van der Waals surface area contributed by atoms with Gasteiger partial charge in [-0.1, -0.05) is 23.4 Å². The van der Waals surface area contributed by atoms with E-state index in [1.807, 2.05) is 0 Å². The van der Waals surface area contributed by atoms with Gasteiger partial charge < -0.3 is 9.84 Å². The van der Waals surface area contributed by atoms with Crippen molar-refractivity contribution < 1.29 is 14.2 Å². The molecule has 106 valence electrons. The average molecular weight is 285 g/mol. The van der Waals surface area contributed by atoms with Crippen LogP contribution in [0.3, 0.4) is 0 Å². The van der Waals surface area contributed by atoms with E-state index < -0.39 is 5.82 Å². The van der Waals surface area contributed by atoms with E-state index >= 15 is 0 Å². The van der Waals surface area contributed by atoms with Gasteiger partial charge in [-0.25, -0.2) is 9.07 Å². The van der Waals surface area contributed by atoms with E-state index in [4.69, 9.17) is 4.74 Å². The molecule has 1 heterocycles.